The van der Waals surface area contributed by atoms with E-state index < -0.39 is 31.5 Å². The van der Waals surface area contributed by atoms with Crippen molar-refractivity contribution in [1.82, 2.24) is 4.31 Å². The van der Waals surface area contributed by atoms with Gasteiger partial charge in [0.1, 0.15) is 10.7 Å². The summed E-state index contributed by atoms with van der Waals surface area (Å²) in [5, 5.41) is 0. The molecule has 0 amide bonds. The van der Waals surface area contributed by atoms with Gasteiger partial charge in [-0.2, -0.15) is 4.31 Å². The van der Waals surface area contributed by atoms with Crippen LogP contribution in [-0.4, -0.2) is 41.5 Å². The van der Waals surface area contributed by atoms with E-state index >= 15 is 0 Å². The summed E-state index contributed by atoms with van der Waals surface area (Å²) in [6.07, 6.45) is 0. The van der Waals surface area contributed by atoms with Crippen LogP contribution in [0.4, 0.5) is 10.1 Å². The van der Waals surface area contributed by atoms with Gasteiger partial charge in [0, 0.05) is 45.6 Å². The number of nitrogens with zero attached hydrogens (tertiary/aromatic N) is 1. The topological polar surface area (TPSA) is 80.5 Å². The van der Waals surface area contributed by atoms with Crippen LogP contribution in [0.1, 0.15) is 0 Å². The standard InChI is InChI=1S/C10H12BrFN2O3S2/c11-7-5-8(12)10(6-9(7)13)19(16,17)14-1-3-18(15)4-2-14/h5-6H,1-4,13H2. The number of nitrogens with two attached hydrogens (primary N) is 1. The molecule has 5 nitrogen and oxygen atoms in total. The number of nitrogen functional groups attached to an aromatic ring is 1. The second-order valence-electron chi connectivity index (χ2n) is 4.06. The SMILES string of the molecule is Nc1cc(S(=O)(=O)N2CCS(=O)CC2)c(F)cc1Br. The second kappa shape index (κ2) is 5.47. The monoisotopic (exact) mass is 370 g/mol. The Kier molecular flexibility index (Phi) is 4.29. The Labute approximate surface area is 121 Å². The van der Waals surface area contributed by atoms with Gasteiger partial charge in [0.2, 0.25) is 10.0 Å². The largest absolute Gasteiger partial charge is 0.398 e. The average Bonchev–Trinajstić information content (AvgIpc) is 2.34. The van der Waals surface area contributed by atoms with Crippen LogP contribution in [0, 0.1) is 5.82 Å². The molecule has 1 aromatic carbocycles. The fourth-order valence-corrected chi connectivity index (χ4v) is 4.86. The Bertz CT molecular complexity index is 626. The van der Waals surface area contributed by atoms with E-state index in [-0.39, 0.29) is 30.3 Å². The molecule has 1 fully saturated rings. The first-order valence-corrected chi connectivity index (χ1v) is 9.14. The van der Waals surface area contributed by atoms with Gasteiger partial charge in [-0.25, -0.2) is 12.8 Å². The molecule has 1 heterocycles. The van der Waals surface area contributed by atoms with E-state index in [9.17, 15) is 17.0 Å². The van der Waals surface area contributed by atoms with Crippen molar-refractivity contribution in [2.24, 2.45) is 0 Å². The van der Waals surface area contributed by atoms with Gasteiger partial charge in [-0.3, -0.25) is 4.21 Å². The highest BCUT2D eigenvalue weighted by Gasteiger charge is 2.30. The predicted molar refractivity (Wildman–Crippen MR) is 75.1 cm³/mol. The number of halogens is 2. The lowest BCUT2D eigenvalue weighted by Crippen LogP contribution is -2.42. The van der Waals surface area contributed by atoms with E-state index in [0.29, 0.717) is 4.47 Å². The van der Waals surface area contributed by atoms with Gasteiger partial charge in [-0.1, -0.05) is 0 Å². The molecule has 2 N–H and O–H groups in total. The molecule has 1 saturated heterocycles. The summed E-state index contributed by atoms with van der Waals surface area (Å²) in [6.45, 7) is 0.259. The summed E-state index contributed by atoms with van der Waals surface area (Å²) in [7, 11) is -4.93. The Hall–Kier alpha value is -0.510. The highest BCUT2D eigenvalue weighted by molar-refractivity contribution is 9.10. The van der Waals surface area contributed by atoms with E-state index in [2.05, 4.69) is 15.9 Å². The Morgan fingerprint density at radius 2 is 1.89 bits per heavy atom. The zero-order valence-electron chi connectivity index (χ0n) is 9.80. The summed E-state index contributed by atoms with van der Waals surface area (Å²) in [4.78, 5) is -0.444. The van der Waals surface area contributed by atoms with Crippen LogP contribution in [0.25, 0.3) is 0 Å². The van der Waals surface area contributed by atoms with Gasteiger partial charge >= 0.3 is 0 Å². The number of sulfonamides is 1. The summed E-state index contributed by atoms with van der Waals surface area (Å²) in [5.74, 6) is -0.313. The smallest absolute Gasteiger partial charge is 0.246 e. The van der Waals surface area contributed by atoms with Crippen LogP contribution in [0.2, 0.25) is 0 Å². The lowest BCUT2D eigenvalue weighted by atomic mass is 10.3. The van der Waals surface area contributed by atoms with Gasteiger partial charge in [-0.05, 0) is 28.1 Å². The number of benzene rings is 1. The van der Waals surface area contributed by atoms with Gasteiger partial charge in [0.15, 0.2) is 0 Å². The predicted octanol–water partition coefficient (Wildman–Crippen LogP) is 0.923. The summed E-state index contributed by atoms with van der Waals surface area (Å²) in [6, 6.07) is 2.13. The van der Waals surface area contributed by atoms with Gasteiger partial charge < -0.3 is 5.73 Å². The zero-order chi connectivity index (χ0) is 14.2. The van der Waals surface area contributed by atoms with E-state index in [1.165, 1.54) is 0 Å². The molecule has 0 aliphatic carbocycles. The highest BCUT2D eigenvalue weighted by Crippen LogP contribution is 2.28. The molecule has 0 saturated carbocycles. The van der Waals surface area contributed by atoms with Crippen molar-refractivity contribution in [3.8, 4) is 0 Å². The van der Waals surface area contributed by atoms with Crippen LogP contribution < -0.4 is 5.73 Å². The molecule has 1 aliphatic rings. The first kappa shape index (κ1) is 14.9. The molecule has 2 rings (SSSR count). The van der Waals surface area contributed by atoms with Crippen LogP contribution in [0.5, 0.6) is 0 Å². The Morgan fingerprint density at radius 1 is 1.32 bits per heavy atom. The Balaban J connectivity index is 2.40. The fourth-order valence-electron chi connectivity index (χ4n) is 1.74. The maximum atomic E-state index is 13.8. The van der Waals surface area contributed by atoms with Crippen LogP contribution >= 0.6 is 15.9 Å². The molecule has 19 heavy (non-hydrogen) atoms. The lowest BCUT2D eigenvalue weighted by Gasteiger charge is -2.25. The first-order chi connectivity index (χ1) is 8.82. The average molecular weight is 371 g/mol. The van der Waals surface area contributed by atoms with E-state index in [4.69, 9.17) is 5.73 Å². The molecular formula is C10H12BrFN2O3S2. The summed E-state index contributed by atoms with van der Waals surface area (Å²) in [5.41, 5.74) is 5.75. The molecule has 106 valence electrons. The number of anilines is 1. The summed E-state index contributed by atoms with van der Waals surface area (Å²) < 4.78 is 51.1. The Morgan fingerprint density at radius 3 is 2.47 bits per heavy atom. The molecule has 0 unspecified atom stereocenters. The number of hydrogen-bond acceptors (Lipinski definition) is 4. The molecule has 9 heteroatoms. The van der Waals surface area contributed by atoms with E-state index in [1.54, 1.807) is 0 Å². The van der Waals surface area contributed by atoms with Gasteiger partial charge in [0.25, 0.3) is 0 Å². The van der Waals surface area contributed by atoms with Crippen molar-refractivity contribution in [2.75, 3.05) is 30.3 Å². The molecule has 0 aromatic heterocycles. The third-order valence-electron chi connectivity index (χ3n) is 2.81. The van der Waals surface area contributed by atoms with Crippen molar-refractivity contribution >= 4 is 42.4 Å². The van der Waals surface area contributed by atoms with Crippen molar-refractivity contribution in [3.63, 3.8) is 0 Å². The lowest BCUT2D eigenvalue weighted by molar-refractivity contribution is 0.434. The minimum atomic E-state index is -3.93. The van der Waals surface area contributed by atoms with Crippen LogP contribution in [-0.2, 0) is 20.8 Å². The maximum Gasteiger partial charge on any atom is 0.246 e. The molecule has 1 aliphatic heterocycles. The van der Waals surface area contributed by atoms with Crippen molar-refractivity contribution in [3.05, 3.63) is 22.4 Å². The second-order valence-corrected chi connectivity index (χ2v) is 8.51. The number of hydrogen-bond donors (Lipinski definition) is 1. The van der Waals surface area contributed by atoms with Crippen LogP contribution in [0.3, 0.4) is 0 Å². The molecule has 0 spiro atoms. The quantitative estimate of drug-likeness (QED) is 0.785. The van der Waals surface area contributed by atoms with Crippen molar-refractivity contribution < 1.29 is 17.0 Å². The van der Waals surface area contributed by atoms with Crippen molar-refractivity contribution in [2.45, 2.75) is 4.90 Å². The first-order valence-electron chi connectivity index (χ1n) is 5.42. The maximum absolute atomic E-state index is 13.8. The zero-order valence-corrected chi connectivity index (χ0v) is 13.0. The minimum absolute atomic E-state index is 0.129. The number of rotatable bonds is 2. The summed E-state index contributed by atoms with van der Waals surface area (Å²) >= 11 is 3.04. The third-order valence-corrected chi connectivity index (χ3v) is 6.68. The third kappa shape index (κ3) is 2.99. The highest BCUT2D eigenvalue weighted by atomic mass is 79.9. The molecule has 0 atom stereocenters. The van der Waals surface area contributed by atoms with Crippen LogP contribution in [0.15, 0.2) is 21.5 Å². The normalized spacial score (nSPS) is 18.6. The van der Waals surface area contributed by atoms with Crippen molar-refractivity contribution in [1.29, 1.82) is 0 Å². The fraction of sp³-hybridized carbons (Fsp3) is 0.400. The molecule has 1 aromatic rings. The van der Waals surface area contributed by atoms with Gasteiger partial charge in [-0.15, -0.1) is 0 Å². The molecular weight excluding hydrogens is 359 g/mol. The molecule has 0 bridgehead atoms. The van der Waals surface area contributed by atoms with E-state index in [0.717, 1.165) is 16.4 Å². The molecule has 0 radical (unpaired) electrons. The van der Waals surface area contributed by atoms with Gasteiger partial charge in [0.05, 0.1) is 0 Å². The van der Waals surface area contributed by atoms with E-state index in [1.807, 2.05) is 0 Å². The minimum Gasteiger partial charge on any atom is -0.398 e.